The Bertz CT molecular complexity index is 1750. The number of aryl methyl sites for hydroxylation is 2. The number of aromatic nitrogens is 4. The van der Waals surface area contributed by atoms with Crippen molar-refractivity contribution in [1.29, 1.82) is 10.8 Å². The highest BCUT2D eigenvalue weighted by atomic mass is 35.5. The number of ether oxygens (including phenoxy) is 3. The minimum absolute atomic E-state index is 0. The van der Waals surface area contributed by atoms with E-state index in [4.69, 9.17) is 39.0 Å². The summed E-state index contributed by atoms with van der Waals surface area (Å²) in [4.78, 5) is 49.1. The summed E-state index contributed by atoms with van der Waals surface area (Å²) in [6, 6.07) is 9.68. The largest absolute Gasteiger partial charge is 0.473 e. The number of hydrogen-bond donors (Lipinski definition) is 8. The normalized spacial score (nSPS) is 9.43. The van der Waals surface area contributed by atoms with Crippen molar-refractivity contribution in [2.75, 3.05) is 32.2 Å². The Kier molecular flexibility index (Phi) is 24.8. The van der Waals surface area contributed by atoms with Crippen molar-refractivity contribution >= 4 is 70.3 Å². The first kappa shape index (κ1) is 49.8. The number of carbonyl (C=O) groups is 3. The maximum Gasteiger partial charge on any atom is 0.393 e. The van der Waals surface area contributed by atoms with Gasteiger partial charge in [0.1, 0.15) is 5.82 Å². The Hall–Kier alpha value is -5.36. The van der Waals surface area contributed by atoms with Gasteiger partial charge in [0.15, 0.2) is 5.82 Å². The number of halogens is 2. The van der Waals surface area contributed by atoms with E-state index in [1.165, 1.54) is 0 Å². The Morgan fingerprint density at radius 3 is 2.09 bits per heavy atom. The topological polar surface area (TPSA) is 300 Å². The number of imidazole rings is 1. The Labute approximate surface area is 319 Å². The van der Waals surface area contributed by atoms with Gasteiger partial charge in [-0.2, -0.15) is 0 Å². The van der Waals surface area contributed by atoms with Crippen LogP contribution in [-0.2, 0) is 36.8 Å². The smallest absolute Gasteiger partial charge is 0.393 e. The van der Waals surface area contributed by atoms with E-state index in [-0.39, 0.29) is 50.1 Å². The van der Waals surface area contributed by atoms with Crippen LogP contribution in [0.2, 0.25) is 5.02 Å². The van der Waals surface area contributed by atoms with Crippen LogP contribution in [0.4, 0.5) is 5.82 Å². The van der Waals surface area contributed by atoms with Gasteiger partial charge in [0, 0.05) is 48.7 Å². The molecule has 0 saturated carbocycles. The molecule has 4 aromatic rings. The number of pyridine rings is 2. The van der Waals surface area contributed by atoms with Crippen LogP contribution in [0.25, 0.3) is 10.9 Å². The number of anilines is 1. The van der Waals surface area contributed by atoms with E-state index in [0.29, 0.717) is 30.4 Å². The molecule has 53 heavy (non-hydrogen) atoms. The van der Waals surface area contributed by atoms with Gasteiger partial charge in [0.25, 0.3) is 11.8 Å². The predicted molar refractivity (Wildman–Crippen MR) is 207 cm³/mol. The van der Waals surface area contributed by atoms with Crippen molar-refractivity contribution < 1.29 is 33.7 Å². The van der Waals surface area contributed by atoms with Gasteiger partial charge in [0.2, 0.25) is 5.84 Å². The lowest BCUT2D eigenvalue weighted by atomic mass is 10.1. The van der Waals surface area contributed by atoms with E-state index in [1.54, 1.807) is 46.2 Å². The van der Waals surface area contributed by atoms with E-state index < -0.39 is 23.7 Å². The number of rotatable bonds is 8. The molecule has 0 saturated heterocycles. The molecule has 0 atom stereocenters. The van der Waals surface area contributed by atoms with Crippen LogP contribution in [0.5, 0.6) is 0 Å². The van der Waals surface area contributed by atoms with Crippen molar-refractivity contribution in [2.45, 2.75) is 54.5 Å². The quantitative estimate of drug-likeness (QED) is 0.0701. The number of esters is 2. The fraction of sp³-hybridized carbons (Fsp3) is 0.353. The number of carbonyl (C=O) groups excluding carboxylic acids is 3. The number of aromatic amines is 1. The number of amidine groups is 1. The number of aliphatic hydroxyl groups excluding tert-OH is 1. The molecule has 0 spiro atoms. The molecular weight excluding hydrogens is 731 g/mol. The first-order valence-electron chi connectivity index (χ1n) is 15.8. The average molecular weight is 782 g/mol. The summed E-state index contributed by atoms with van der Waals surface area (Å²) in [6.07, 6.45) is 3.92. The lowest BCUT2D eigenvalue weighted by molar-refractivity contribution is -0.137. The molecule has 0 aliphatic rings. The van der Waals surface area contributed by atoms with Crippen LogP contribution in [-0.4, -0.2) is 81.0 Å². The second kappa shape index (κ2) is 26.4. The number of nitrogen functional groups attached to an aromatic ring is 1. The van der Waals surface area contributed by atoms with Crippen LogP contribution >= 0.6 is 24.0 Å². The Morgan fingerprint density at radius 2 is 1.55 bits per heavy atom. The van der Waals surface area contributed by atoms with Crippen molar-refractivity contribution in [1.82, 2.24) is 31.4 Å². The summed E-state index contributed by atoms with van der Waals surface area (Å²) < 4.78 is 13.3. The first-order chi connectivity index (χ1) is 24.2. The minimum Gasteiger partial charge on any atom is -0.473 e. The van der Waals surface area contributed by atoms with Gasteiger partial charge in [-0.3, -0.25) is 20.6 Å². The van der Waals surface area contributed by atoms with Gasteiger partial charge in [-0.15, -0.1) is 12.4 Å². The van der Waals surface area contributed by atoms with Gasteiger partial charge in [-0.25, -0.2) is 19.6 Å². The lowest BCUT2D eigenvalue weighted by Crippen LogP contribution is -2.25. The van der Waals surface area contributed by atoms with E-state index in [2.05, 4.69) is 39.5 Å². The molecule has 0 bridgehead atoms. The van der Waals surface area contributed by atoms with Crippen molar-refractivity contribution in [3.05, 3.63) is 81.7 Å². The maximum atomic E-state index is 12.5. The Balaban J connectivity index is 0. The van der Waals surface area contributed by atoms with Crippen molar-refractivity contribution in [2.24, 2.45) is 5.73 Å². The predicted octanol–water partition coefficient (Wildman–Crippen LogP) is 4.36. The zero-order chi connectivity index (χ0) is 38.5. The van der Waals surface area contributed by atoms with Crippen molar-refractivity contribution in [3.63, 3.8) is 0 Å². The number of amides is 1. The number of H-pyrrole nitrogens is 1. The van der Waals surface area contributed by atoms with Gasteiger partial charge in [0.05, 0.1) is 30.4 Å². The lowest BCUT2D eigenvalue weighted by Gasteiger charge is -2.10. The second-order valence-corrected chi connectivity index (χ2v) is 10.6. The average Bonchev–Trinajstić information content (AvgIpc) is 3.54. The SMILES string of the molecule is CCO.CCOC(=N)C(=O)OCC.CCOC(=O)C(=N)N.Cc1cc(N)nc(C)c1CNC(=O)c1ncc(Cc2ccc3ncc(Cl)cc3c2)[nH]1.Cl.N. The number of nitrogens with two attached hydrogens (primary N) is 2. The fourth-order valence-corrected chi connectivity index (χ4v) is 4.23. The molecule has 0 radical (unpaired) electrons. The summed E-state index contributed by atoms with van der Waals surface area (Å²) in [5.74, 6) is -1.96. The highest BCUT2D eigenvalue weighted by molar-refractivity contribution is 6.33. The van der Waals surface area contributed by atoms with Gasteiger partial charge < -0.3 is 47.2 Å². The van der Waals surface area contributed by atoms with Crippen LogP contribution in [0.1, 0.15) is 66.4 Å². The molecule has 1 aromatic carbocycles. The first-order valence-corrected chi connectivity index (χ1v) is 16.2. The monoisotopic (exact) mass is 780 g/mol. The van der Waals surface area contributed by atoms with Crippen LogP contribution in [0.3, 0.4) is 0 Å². The number of benzene rings is 1. The molecule has 0 aliphatic carbocycles. The van der Waals surface area contributed by atoms with Gasteiger partial charge >= 0.3 is 11.9 Å². The van der Waals surface area contributed by atoms with Crippen molar-refractivity contribution in [3.8, 4) is 0 Å². The molecule has 12 N–H and O–H groups in total. The molecule has 17 nitrogen and oxygen atoms in total. The molecule has 19 heteroatoms. The molecule has 0 aliphatic heterocycles. The van der Waals surface area contributed by atoms with E-state index in [0.717, 1.165) is 39.0 Å². The number of hydrogen-bond acceptors (Lipinski definition) is 14. The highest BCUT2D eigenvalue weighted by Gasteiger charge is 2.13. The third-order valence-electron chi connectivity index (χ3n) is 6.19. The summed E-state index contributed by atoms with van der Waals surface area (Å²) in [7, 11) is 0. The summed E-state index contributed by atoms with van der Waals surface area (Å²) in [5.41, 5.74) is 16.0. The number of nitrogens with one attached hydrogen (secondary N) is 4. The molecule has 3 heterocycles. The fourth-order valence-electron chi connectivity index (χ4n) is 4.06. The molecule has 292 valence electrons. The molecular formula is C34H50Cl2N10O7. The zero-order valence-corrected chi connectivity index (χ0v) is 32.2. The second-order valence-electron chi connectivity index (χ2n) is 10.2. The van der Waals surface area contributed by atoms with Crippen LogP contribution in [0, 0.1) is 24.7 Å². The third kappa shape index (κ3) is 18.1. The van der Waals surface area contributed by atoms with Gasteiger partial charge in [-0.1, -0.05) is 17.7 Å². The van der Waals surface area contributed by atoms with Gasteiger partial charge in [-0.05, 0) is 82.5 Å². The maximum absolute atomic E-state index is 12.5. The standard InChI is InChI=1S/C22H21ClN6O.C6H11NO3.C4H8N2O2.C2H6O.ClH.H3N/c1-12-5-20(24)28-13(2)18(12)11-27-22(30)21-26-10-17(29-21)7-14-3-4-19-15(6-14)8-16(23)9-25-19;1-3-9-5(7)6(8)10-4-2;1-2-8-4(7)3(5)6;1-2-3;;/h3-6,8-10H,7,11H2,1-2H3,(H2,24,28)(H,26,29)(H,27,30);7H,3-4H2,1-2H3;2H2,1H3,(H3,5,6);3H,2H2,1H3;1H;1H3. The molecule has 0 unspecified atom stereocenters. The third-order valence-corrected chi connectivity index (χ3v) is 6.40. The summed E-state index contributed by atoms with van der Waals surface area (Å²) in [5, 5.41) is 25.4. The molecule has 3 aromatic heterocycles. The van der Waals surface area contributed by atoms with Crippen LogP contribution in [0.15, 0.2) is 42.7 Å². The molecule has 4 rings (SSSR count). The summed E-state index contributed by atoms with van der Waals surface area (Å²) >= 11 is 6.04. The van der Waals surface area contributed by atoms with E-state index in [1.807, 2.05) is 38.1 Å². The molecule has 1 amide bonds. The summed E-state index contributed by atoms with van der Waals surface area (Å²) in [6.45, 7) is 12.0. The number of aliphatic hydroxyl groups is 1. The molecule has 0 fully saturated rings. The minimum atomic E-state index is -0.757. The highest BCUT2D eigenvalue weighted by Crippen LogP contribution is 2.20. The Morgan fingerprint density at radius 1 is 0.943 bits per heavy atom. The number of nitrogens with zero attached hydrogens (tertiary/aromatic N) is 3. The van der Waals surface area contributed by atoms with E-state index >= 15 is 0 Å². The number of fused-ring (bicyclic) bond motifs is 1. The zero-order valence-electron chi connectivity index (χ0n) is 30.7. The van der Waals surface area contributed by atoms with Crippen LogP contribution < -0.4 is 22.9 Å². The van der Waals surface area contributed by atoms with E-state index in [9.17, 15) is 14.4 Å².